The van der Waals surface area contributed by atoms with Crippen LogP contribution in [0.25, 0.3) is 11.3 Å². The third-order valence-electron chi connectivity index (χ3n) is 1.98. The van der Waals surface area contributed by atoms with E-state index >= 15 is 0 Å². The van der Waals surface area contributed by atoms with Crippen molar-refractivity contribution >= 4 is 26.1 Å². The Hall–Kier alpha value is -0.910. The first-order valence-electron chi connectivity index (χ1n) is 4.24. The van der Waals surface area contributed by atoms with Crippen LogP contribution in [0, 0.1) is 0 Å². The van der Waals surface area contributed by atoms with Gasteiger partial charge in [0.2, 0.25) is 0 Å². The predicted molar refractivity (Wildman–Crippen MR) is 64.0 cm³/mol. The zero-order valence-electron chi connectivity index (χ0n) is 7.44. The molecule has 3 heteroatoms. The molecule has 2 aromatic rings. The first kappa shape index (κ1) is 9.64. The van der Waals surface area contributed by atoms with E-state index in [0.29, 0.717) is 0 Å². The van der Waals surface area contributed by atoms with Crippen LogP contribution in [-0.2, 0) is 0 Å². The van der Waals surface area contributed by atoms with Crippen molar-refractivity contribution in [1.29, 1.82) is 0 Å². The highest BCUT2D eigenvalue weighted by molar-refractivity contribution is 7.28. The maximum absolute atomic E-state index is 6.00. The average molecular weight is 222 g/mol. The molecule has 1 aromatic carbocycles. The summed E-state index contributed by atoms with van der Waals surface area (Å²) in [5, 5.41) is 1.67. The van der Waals surface area contributed by atoms with Crippen molar-refractivity contribution < 1.29 is 0 Å². The fraction of sp³-hybridized carbons (Fsp3) is 0. The molecule has 2 rings (SSSR count). The van der Waals surface area contributed by atoms with Gasteiger partial charge in [-0.2, -0.15) is 0 Å². The number of hydrogen-bond donors (Lipinski definition) is 0. The van der Waals surface area contributed by atoms with Crippen LogP contribution >= 0.6 is 20.8 Å². The first-order chi connectivity index (χ1) is 6.79. The molecular formula is C11H9ClNP. The van der Waals surface area contributed by atoms with Crippen LogP contribution in [0.5, 0.6) is 0 Å². The van der Waals surface area contributed by atoms with E-state index in [4.69, 9.17) is 11.6 Å². The molecule has 0 saturated carbocycles. The molecule has 0 fully saturated rings. The van der Waals surface area contributed by atoms with E-state index in [1.165, 1.54) is 0 Å². The number of pyridine rings is 1. The lowest BCUT2D eigenvalue weighted by atomic mass is 10.1. The first-order valence-corrected chi connectivity index (χ1v) is 5.20. The minimum Gasteiger partial charge on any atom is -0.256 e. The molecule has 70 valence electrons. The van der Waals surface area contributed by atoms with Gasteiger partial charge < -0.3 is 0 Å². The molecule has 1 atom stereocenters. The van der Waals surface area contributed by atoms with Crippen LogP contribution < -0.4 is 5.30 Å². The Bertz CT molecular complexity index is 442. The lowest BCUT2D eigenvalue weighted by Gasteiger charge is -2.05. The highest BCUT2D eigenvalue weighted by Gasteiger charge is 2.04. The molecule has 1 nitrogen and oxygen atoms in total. The molecule has 1 unspecified atom stereocenters. The largest absolute Gasteiger partial charge is 0.256 e. The van der Waals surface area contributed by atoms with Gasteiger partial charge in [-0.3, -0.25) is 4.98 Å². The van der Waals surface area contributed by atoms with Gasteiger partial charge in [-0.25, -0.2) is 0 Å². The summed E-state index contributed by atoms with van der Waals surface area (Å²) >= 11 is 6.00. The van der Waals surface area contributed by atoms with E-state index in [1.54, 1.807) is 12.3 Å². The highest BCUT2D eigenvalue weighted by atomic mass is 35.5. The molecule has 0 aliphatic rings. The van der Waals surface area contributed by atoms with Gasteiger partial charge in [0.05, 0.1) is 10.7 Å². The Morgan fingerprint density at radius 2 is 1.79 bits per heavy atom. The number of halogens is 1. The maximum Gasteiger partial charge on any atom is 0.0788 e. The van der Waals surface area contributed by atoms with E-state index < -0.39 is 0 Å². The molecule has 0 N–H and O–H groups in total. The topological polar surface area (TPSA) is 12.9 Å². The van der Waals surface area contributed by atoms with Gasteiger partial charge in [0.15, 0.2) is 0 Å². The molecule has 14 heavy (non-hydrogen) atoms. The molecule has 0 amide bonds. The Morgan fingerprint density at radius 3 is 2.50 bits per heavy atom. The van der Waals surface area contributed by atoms with Crippen LogP contribution in [0.15, 0.2) is 42.6 Å². The van der Waals surface area contributed by atoms with Crippen molar-refractivity contribution in [3.8, 4) is 11.3 Å². The number of rotatable bonds is 1. The second kappa shape index (κ2) is 4.08. The number of aromatic nitrogens is 1. The van der Waals surface area contributed by atoms with E-state index in [-0.39, 0.29) is 0 Å². The maximum atomic E-state index is 6.00. The smallest absolute Gasteiger partial charge is 0.0788 e. The summed E-state index contributed by atoms with van der Waals surface area (Å²) in [5.74, 6) is 0. The van der Waals surface area contributed by atoms with Gasteiger partial charge in [0.25, 0.3) is 0 Å². The molecule has 1 heterocycles. The summed E-state index contributed by atoms with van der Waals surface area (Å²) in [7, 11) is 2.62. The van der Waals surface area contributed by atoms with E-state index in [0.717, 1.165) is 21.6 Å². The standard InChI is InChI=1S/C11H9ClNP/c12-9-6-7-13-10(11(9)14)8-4-2-1-3-5-8/h1-7H,14H2. The quantitative estimate of drug-likeness (QED) is 0.675. The predicted octanol–water partition coefficient (Wildman–Crippen LogP) is 2.90. The van der Waals surface area contributed by atoms with Gasteiger partial charge in [-0.15, -0.1) is 9.24 Å². The molecule has 0 spiro atoms. The van der Waals surface area contributed by atoms with Crippen molar-refractivity contribution in [3.63, 3.8) is 0 Å². The SMILES string of the molecule is Pc1c(Cl)ccnc1-c1ccccc1. The molecule has 0 aliphatic carbocycles. The molecule has 1 aromatic heterocycles. The molecule has 0 saturated heterocycles. The van der Waals surface area contributed by atoms with Crippen molar-refractivity contribution in [2.24, 2.45) is 0 Å². The van der Waals surface area contributed by atoms with Crippen LogP contribution in [0.4, 0.5) is 0 Å². The lowest BCUT2D eigenvalue weighted by molar-refractivity contribution is 1.35. The normalized spacial score (nSPS) is 10.1. The van der Waals surface area contributed by atoms with Gasteiger partial charge in [-0.1, -0.05) is 41.9 Å². The summed E-state index contributed by atoms with van der Waals surface area (Å²) in [4.78, 5) is 4.30. The zero-order chi connectivity index (χ0) is 9.97. The molecule has 0 aliphatic heterocycles. The van der Waals surface area contributed by atoms with Crippen LogP contribution in [-0.4, -0.2) is 4.98 Å². The Balaban J connectivity index is 2.58. The number of hydrogen-bond acceptors (Lipinski definition) is 1. The van der Waals surface area contributed by atoms with Gasteiger partial charge in [0.1, 0.15) is 0 Å². The summed E-state index contributed by atoms with van der Waals surface area (Å²) in [6.07, 6.45) is 1.72. The summed E-state index contributed by atoms with van der Waals surface area (Å²) in [5.41, 5.74) is 2.00. The summed E-state index contributed by atoms with van der Waals surface area (Å²) in [6.45, 7) is 0. The number of benzene rings is 1. The third kappa shape index (κ3) is 1.79. The highest BCUT2D eigenvalue weighted by Crippen LogP contribution is 2.19. The molecular weight excluding hydrogens is 213 g/mol. The van der Waals surface area contributed by atoms with E-state index in [2.05, 4.69) is 14.2 Å². The Labute approximate surface area is 90.3 Å². The lowest BCUT2D eigenvalue weighted by Crippen LogP contribution is -2.01. The van der Waals surface area contributed by atoms with Crippen molar-refractivity contribution in [1.82, 2.24) is 4.98 Å². The third-order valence-corrected chi connectivity index (χ3v) is 3.08. The minimum absolute atomic E-state index is 0.726. The fourth-order valence-corrected chi connectivity index (χ4v) is 1.76. The zero-order valence-corrected chi connectivity index (χ0v) is 9.35. The van der Waals surface area contributed by atoms with E-state index in [1.807, 2.05) is 30.3 Å². The Morgan fingerprint density at radius 1 is 1.07 bits per heavy atom. The van der Waals surface area contributed by atoms with Crippen LogP contribution in [0.2, 0.25) is 5.02 Å². The summed E-state index contributed by atoms with van der Waals surface area (Å²) in [6, 6.07) is 11.8. The van der Waals surface area contributed by atoms with Crippen LogP contribution in [0.3, 0.4) is 0 Å². The van der Waals surface area contributed by atoms with Gasteiger partial charge in [0, 0.05) is 17.1 Å². The van der Waals surface area contributed by atoms with E-state index in [9.17, 15) is 0 Å². The molecule has 0 radical (unpaired) electrons. The van der Waals surface area contributed by atoms with Crippen molar-refractivity contribution in [3.05, 3.63) is 47.6 Å². The monoisotopic (exact) mass is 221 g/mol. The van der Waals surface area contributed by atoms with Crippen molar-refractivity contribution in [2.75, 3.05) is 0 Å². The van der Waals surface area contributed by atoms with Gasteiger partial charge in [-0.05, 0) is 6.07 Å². The van der Waals surface area contributed by atoms with Crippen LogP contribution in [0.1, 0.15) is 0 Å². The minimum atomic E-state index is 0.726. The fourth-order valence-electron chi connectivity index (χ4n) is 1.28. The van der Waals surface area contributed by atoms with Crippen molar-refractivity contribution in [2.45, 2.75) is 0 Å². The number of nitrogens with zero attached hydrogens (tertiary/aromatic N) is 1. The second-order valence-corrected chi connectivity index (χ2v) is 3.91. The average Bonchev–Trinajstić information content (AvgIpc) is 2.23. The summed E-state index contributed by atoms with van der Waals surface area (Å²) < 4.78 is 0. The Kier molecular flexibility index (Phi) is 2.81. The second-order valence-electron chi connectivity index (χ2n) is 2.92. The van der Waals surface area contributed by atoms with Gasteiger partial charge >= 0.3 is 0 Å². The molecule has 0 bridgehead atoms.